The van der Waals surface area contributed by atoms with E-state index in [1.807, 2.05) is 6.92 Å². The van der Waals surface area contributed by atoms with Gasteiger partial charge in [-0.3, -0.25) is 0 Å². The minimum Gasteiger partial charge on any atom is -0.494 e. The molecule has 0 aliphatic carbocycles. The number of fused-ring (bicyclic) bond motifs is 1. The molecule has 1 heterocycles. The molecule has 0 atom stereocenters. The van der Waals surface area contributed by atoms with Gasteiger partial charge in [0.1, 0.15) is 11.3 Å². The third-order valence-electron chi connectivity index (χ3n) is 2.46. The van der Waals surface area contributed by atoms with E-state index in [1.54, 1.807) is 25.3 Å². The summed E-state index contributed by atoms with van der Waals surface area (Å²) in [5.74, 6) is 0.129. The number of nitrogens with zero attached hydrogens (tertiary/aromatic N) is 2. The summed E-state index contributed by atoms with van der Waals surface area (Å²) in [6.07, 6.45) is 1.66. The van der Waals surface area contributed by atoms with Gasteiger partial charge in [0.2, 0.25) is 0 Å². The fourth-order valence-electron chi connectivity index (χ4n) is 1.67. The van der Waals surface area contributed by atoms with Crippen molar-refractivity contribution in [2.45, 2.75) is 13.8 Å². The van der Waals surface area contributed by atoms with Crippen LogP contribution in [0.2, 0.25) is 0 Å². The molecule has 2 aromatic rings. The number of esters is 1. The van der Waals surface area contributed by atoms with Crippen molar-refractivity contribution in [1.29, 1.82) is 0 Å². The normalized spacial score (nSPS) is 10.4. The zero-order valence-electron chi connectivity index (χ0n) is 10.6. The van der Waals surface area contributed by atoms with Gasteiger partial charge >= 0.3 is 5.97 Å². The number of ether oxygens (including phenoxy) is 2. The summed E-state index contributed by atoms with van der Waals surface area (Å²) < 4.78 is 10.2. The zero-order valence-corrected chi connectivity index (χ0v) is 10.6. The Hall–Kier alpha value is -2.17. The van der Waals surface area contributed by atoms with E-state index in [2.05, 4.69) is 9.97 Å². The highest BCUT2D eigenvalue weighted by Gasteiger charge is 2.13. The highest BCUT2D eigenvalue weighted by atomic mass is 16.5. The van der Waals surface area contributed by atoms with Crippen molar-refractivity contribution in [3.8, 4) is 5.75 Å². The largest absolute Gasteiger partial charge is 0.494 e. The maximum absolute atomic E-state index is 11.7. The van der Waals surface area contributed by atoms with Crippen LogP contribution in [0.3, 0.4) is 0 Å². The molecule has 1 aromatic heterocycles. The lowest BCUT2D eigenvalue weighted by Crippen LogP contribution is -2.05. The van der Waals surface area contributed by atoms with Gasteiger partial charge in [0.05, 0.1) is 30.5 Å². The van der Waals surface area contributed by atoms with E-state index < -0.39 is 0 Å². The molecular formula is C13H14N2O3. The Morgan fingerprint density at radius 3 is 2.83 bits per heavy atom. The van der Waals surface area contributed by atoms with Crippen LogP contribution in [0, 0.1) is 6.92 Å². The summed E-state index contributed by atoms with van der Waals surface area (Å²) in [6, 6.07) is 3.28. The van der Waals surface area contributed by atoms with Crippen LogP contribution in [0.25, 0.3) is 11.0 Å². The Morgan fingerprint density at radius 2 is 2.17 bits per heavy atom. The predicted molar refractivity (Wildman–Crippen MR) is 66.8 cm³/mol. The number of rotatable bonds is 3. The van der Waals surface area contributed by atoms with Gasteiger partial charge in [0.15, 0.2) is 0 Å². The second-order valence-electron chi connectivity index (χ2n) is 3.78. The fourth-order valence-corrected chi connectivity index (χ4v) is 1.67. The van der Waals surface area contributed by atoms with Crippen molar-refractivity contribution in [3.63, 3.8) is 0 Å². The minimum absolute atomic E-state index is 0.332. The number of carbonyl (C=O) groups excluding carboxylic acids is 1. The lowest BCUT2D eigenvalue weighted by molar-refractivity contribution is 0.0526. The van der Waals surface area contributed by atoms with Gasteiger partial charge in [0, 0.05) is 6.20 Å². The van der Waals surface area contributed by atoms with Crippen LogP contribution in [0.5, 0.6) is 5.75 Å². The monoisotopic (exact) mass is 246 g/mol. The molecule has 5 nitrogen and oxygen atoms in total. The predicted octanol–water partition coefficient (Wildman–Crippen LogP) is 2.12. The molecule has 18 heavy (non-hydrogen) atoms. The van der Waals surface area contributed by atoms with Gasteiger partial charge in [-0.2, -0.15) is 0 Å². The van der Waals surface area contributed by atoms with Gasteiger partial charge < -0.3 is 9.47 Å². The molecule has 94 valence electrons. The quantitative estimate of drug-likeness (QED) is 0.776. The summed E-state index contributed by atoms with van der Waals surface area (Å²) in [6.45, 7) is 3.94. The molecule has 0 spiro atoms. The molecule has 0 aliphatic rings. The van der Waals surface area contributed by atoms with Gasteiger partial charge in [-0.25, -0.2) is 14.8 Å². The van der Waals surface area contributed by atoms with Crippen LogP contribution in [0.4, 0.5) is 0 Å². The summed E-state index contributed by atoms with van der Waals surface area (Å²) in [4.78, 5) is 20.3. The number of aromatic nitrogens is 2. The molecule has 2 rings (SSSR count). The summed E-state index contributed by atoms with van der Waals surface area (Å²) in [5.41, 5.74) is 2.46. The highest BCUT2D eigenvalue weighted by molar-refractivity contribution is 5.95. The first-order valence-electron chi connectivity index (χ1n) is 5.64. The number of aryl methyl sites for hydroxylation is 1. The Labute approximate surface area is 105 Å². The standard InChI is InChI=1S/C13H14N2O3/c1-4-18-13(16)9-5-10-12(11(6-9)17-3)14-7-8(2)15-10/h5-7H,4H2,1-3H3. The first kappa shape index (κ1) is 12.3. The molecule has 0 fully saturated rings. The van der Waals surface area contributed by atoms with E-state index in [0.717, 1.165) is 5.69 Å². The fraction of sp³-hybridized carbons (Fsp3) is 0.308. The number of hydrogen-bond donors (Lipinski definition) is 0. The molecule has 0 saturated heterocycles. The number of methoxy groups -OCH3 is 1. The van der Waals surface area contributed by atoms with Crippen molar-refractivity contribution >= 4 is 17.0 Å². The average molecular weight is 246 g/mol. The second-order valence-corrected chi connectivity index (χ2v) is 3.78. The summed E-state index contributed by atoms with van der Waals surface area (Å²) in [5, 5.41) is 0. The molecule has 0 N–H and O–H groups in total. The Kier molecular flexibility index (Phi) is 3.41. The van der Waals surface area contributed by atoms with Gasteiger partial charge in [-0.05, 0) is 26.0 Å². The van der Waals surface area contributed by atoms with E-state index in [4.69, 9.17) is 9.47 Å². The van der Waals surface area contributed by atoms with Crippen molar-refractivity contribution in [1.82, 2.24) is 9.97 Å². The van der Waals surface area contributed by atoms with Gasteiger partial charge in [-0.1, -0.05) is 0 Å². The van der Waals surface area contributed by atoms with Crippen LogP contribution in [0.1, 0.15) is 23.0 Å². The first-order chi connectivity index (χ1) is 8.65. The van der Waals surface area contributed by atoms with E-state index in [1.165, 1.54) is 7.11 Å². The third-order valence-corrected chi connectivity index (χ3v) is 2.46. The van der Waals surface area contributed by atoms with Crippen LogP contribution < -0.4 is 4.74 Å². The van der Waals surface area contributed by atoms with Crippen molar-refractivity contribution in [3.05, 3.63) is 29.6 Å². The molecule has 0 aliphatic heterocycles. The summed E-state index contributed by atoms with van der Waals surface area (Å²) >= 11 is 0. The van der Waals surface area contributed by atoms with Crippen LogP contribution in [0.15, 0.2) is 18.3 Å². The first-order valence-corrected chi connectivity index (χ1v) is 5.64. The molecule has 1 aromatic carbocycles. The van der Waals surface area contributed by atoms with Crippen LogP contribution in [-0.4, -0.2) is 29.7 Å². The zero-order chi connectivity index (χ0) is 13.1. The molecular weight excluding hydrogens is 232 g/mol. The van der Waals surface area contributed by atoms with Crippen molar-refractivity contribution < 1.29 is 14.3 Å². The Morgan fingerprint density at radius 1 is 1.39 bits per heavy atom. The molecule has 5 heteroatoms. The SMILES string of the molecule is CCOC(=O)c1cc(OC)c2ncc(C)nc2c1. The lowest BCUT2D eigenvalue weighted by atomic mass is 10.1. The third kappa shape index (κ3) is 2.25. The minimum atomic E-state index is -0.388. The van der Waals surface area contributed by atoms with Crippen LogP contribution in [-0.2, 0) is 4.74 Å². The number of benzene rings is 1. The number of hydrogen-bond acceptors (Lipinski definition) is 5. The van der Waals surface area contributed by atoms with Crippen LogP contribution >= 0.6 is 0 Å². The second kappa shape index (κ2) is 5.00. The Balaban J connectivity index is 2.60. The van der Waals surface area contributed by atoms with E-state index in [0.29, 0.717) is 29.0 Å². The molecule has 0 saturated carbocycles. The van der Waals surface area contributed by atoms with Crippen molar-refractivity contribution in [2.24, 2.45) is 0 Å². The molecule has 0 bridgehead atoms. The van der Waals surface area contributed by atoms with E-state index >= 15 is 0 Å². The number of carbonyl (C=O) groups is 1. The van der Waals surface area contributed by atoms with Crippen molar-refractivity contribution in [2.75, 3.05) is 13.7 Å². The average Bonchev–Trinajstić information content (AvgIpc) is 2.37. The molecule has 0 unspecified atom stereocenters. The lowest BCUT2D eigenvalue weighted by Gasteiger charge is -2.08. The van der Waals surface area contributed by atoms with Gasteiger partial charge in [-0.15, -0.1) is 0 Å². The maximum atomic E-state index is 11.7. The van der Waals surface area contributed by atoms with E-state index in [9.17, 15) is 4.79 Å². The smallest absolute Gasteiger partial charge is 0.338 e. The van der Waals surface area contributed by atoms with E-state index in [-0.39, 0.29) is 5.97 Å². The van der Waals surface area contributed by atoms with Gasteiger partial charge in [0.25, 0.3) is 0 Å². The topological polar surface area (TPSA) is 61.3 Å². The Bertz CT molecular complexity index is 596. The molecule has 0 radical (unpaired) electrons. The summed E-state index contributed by atoms with van der Waals surface area (Å²) in [7, 11) is 1.53. The highest BCUT2D eigenvalue weighted by Crippen LogP contribution is 2.25. The molecule has 0 amide bonds. The maximum Gasteiger partial charge on any atom is 0.338 e.